The highest BCUT2D eigenvalue weighted by molar-refractivity contribution is 5.85. The first kappa shape index (κ1) is 13.1. The molecule has 0 amide bonds. The highest BCUT2D eigenvalue weighted by Crippen LogP contribution is 2.21. The molecular formula is C12H19ClN2O. The van der Waals surface area contributed by atoms with Gasteiger partial charge in [0, 0.05) is 24.5 Å². The number of nitrogens with two attached hydrogens (primary N) is 1. The molecule has 0 saturated carbocycles. The van der Waals surface area contributed by atoms with E-state index >= 15 is 0 Å². The van der Waals surface area contributed by atoms with Crippen LogP contribution in [-0.4, -0.2) is 25.3 Å². The Bertz CT molecular complexity index is 318. The fourth-order valence-electron chi connectivity index (χ4n) is 2.07. The number of morpholine rings is 1. The third-order valence-electron chi connectivity index (χ3n) is 2.68. The van der Waals surface area contributed by atoms with E-state index in [1.165, 1.54) is 5.69 Å². The summed E-state index contributed by atoms with van der Waals surface area (Å²) in [6.45, 7) is 6.13. The summed E-state index contributed by atoms with van der Waals surface area (Å²) in [7, 11) is 0. The number of rotatable bonds is 1. The van der Waals surface area contributed by atoms with Crippen molar-refractivity contribution in [2.45, 2.75) is 26.1 Å². The molecule has 0 radical (unpaired) electrons. The molecule has 2 N–H and O–H groups in total. The second-order valence-electron chi connectivity index (χ2n) is 4.25. The number of halogens is 1. The SMILES string of the molecule is CC1CN(c2ccc(N)cc2)CC(C)O1.Cl. The quantitative estimate of drug-likeness (QED) is 0.768. The van der Waals surface area contributed by atoms with Gasteiger partial charge >= 0.3 is 0 Å². The van der Waals surface area contributed by atoms with Crippen molar-refractivity contribution in [2.75, 3.05) is 23.7 Å². The first-order chi connectivity index (χ1) is 7.15. The molecule has 2 atom stereocenters. The predicted molar refractivity (Wildman–Crippen MR) is 70.3 cm³/mol. The molecule has 0 aliphatic carbocycles. The average Bonchev–Trinajstić information content (AvgIpc) is 2.17. The van der Waals surface area contributed by atoms with Gasteiger partial charge in [-0.2, -0.15) is 0 Å². The maximum absolute atomic E-state index is 5.70. The molecular weight excluding hydrogens is 224 g/mol. The lowest BCUT2D eigenvalue weighted by atomic mass is 10.2. The molecule has 1 heterocycles. The maximum Gasteiger partial charge on any atom is 0.0726 e. The van der Waals surface area contributed by atoms with Crippen molar-refractivity contribution in [2.24, 2.45) is 0 Å². The highest BCUT2D eigenvalue weighted by Gasteiger charge is 2.21. The zero-order chi connectivity index (χ0) is 10.8. The van der Waals surface area contributed by atoms with Gasteiger partial charge in [-0.25, -0.2) is 0 Å². The lowest BCUT2D eigenvalue weighted by Crippen LogP contribution is -2.45. The van der Waals surface area contributed by atoms with Crippen LogP contribution in [0.5, 0.6) is 0 Å². The minimum Gasteiger partial charge on any atom is -0.399 e. The number of benzene rings is 1. The molecule has 0 aromatic heterocycles. The van der Waals surface area contributed by atoms with Crippen molar-refractivity contribution in [1.82, 2.24) is 0 Å². The van der Waals surface area contributed by atoms with E-state index in [0.29, 0.717) is 12.2 Å². The fourth-order valence-corrected chi connectivity index (χ4v) is 2.07. The van der Waals surface area contributed by atoms with Crippen LogP contribution >= 0.6 is 12.4 Å². The second kappa shape index (κ2) is 5.41. The first-order valence-electron chi connectivity index (χ1n) is 5.41. The van der Waals surface area contributed by atoms with E-state index in [9.17, 15) is 0 Å². The molecule has 16 heavy (non-hydrogen) atoms. The summed E-state index contributed by atoms with van der Waals surface area (Å²) in [6, 6.07) is 8.03. The Morgan fingerprint density at radius 2 is 1.62 bits per heavy atom. The molecule has 1 fully saturated rings. The van der Waals surface area contributed by atoms with Crippen LogP contribution in [0, 0.1) is 0 Å². The normalized spacial score (nSPS) is 25.0. The van der Waals surface area contributed by atoms with E-state index in [4.69, 9.17) is 10.5 Å². The molecule has 2 rings (SSSR count). The van der Waals surface area contributed by atoms with Crippen molar-refractivity contribution in [3.05, 3.63) is 24.3 Å². The van der Waals surface area contributed by atoms with E-state index in [1.54, 1.807) is 0 Å². The topological polar surface area (TPSA) is 38.5 Å². The molecule has 1 aromatic rings. The van der Waals surface area contributed by atoms with Crippen molar-refractivity contribution in [3.8, 4) is 0 Å². The van der Waals surface area contributed by atoms with Gasteiger partial charge in [-0.1, -0.05) is 0 Å². The summed E-state index contributed by atoms with van der Waals surface area (Å²) in [5, 5.41) is 0. The molecule has 90 valence electrons. The molecule has 0 spiro atoms. The highest BCUT2D eigenvalue weighted by atomic mass is 35.5. The number of anilines is 2. The summed E-state index contributed by atoms with van der Waals surface area (Å²) < 4.78 is 5.70. The van der Waals surface area contributed by atoms with Crippen LogP contribution in [0.3, 0.4) is 0 Å². The Morgan fingerprint density at radius 1 is 1.12 bits per heavy atom. The van der Waals surface area contributed by atoms with Gasteiger partial charge in [0.2, 0.25) is 0 Å². The lowest BCUT2D eigenvalue weighted by Gasteiger charge is -2.36. The van der Waals surface area contributed by atoms with E-state index < -0.39 is 0 Å². The third-order valence-corrected chi connectivity index (χ3v) is 2.68. The minimum absolute atomic E-state index is 0. The van der Waals surface area contributed by atoms with Gasteiger partial charge in [-0.05, 0) is 38.1 Å². The molecule has 3 nitrogen and oxygen atoms in total. The molecule has 4 heteroatoms. The van der Waals surface area contributed by atoms with Crippen LogP contribution < -0.4 is 10.6 Å². The fraction of sp³-hybridized carbons (Fsp3) is 0.500. The molecule has 1 aliphatic heterocycles. The predicted octanol–water partition coefficient (Wildman–Crippen LogP) is 2.30. The smallest absolute Gasteiger partial charge is 0.0726 e. The van der Waals surface area contributed by atoms with Crippen LogP contribution in [0.1, 0.15) is 13.8 Å². The van der Waals surface area contributed by atoms with Crippen LogP contribution in [-0.2, 0) is 4.74 Å². The summed E-state index contributed by atoms with van der Waals surface area (Å²) in [5.74, 6) is 0. The number of hydrogen-bond donors (Lipinski definition) is 1. The Hall–Kier alpha value is -0.930. The molecule has 2 unspecified atom stereocenters. The van der Waals surface area contributed by atoms with Gasteiger partial charge < -0.3 is 15.4 Å². The van der Waals surface area contributed by atoms with Gasteiger partial charge in [0.1, 0.15) is 0 Å². The summed E-state index contributed by atoms with van der Waals surface area (Å²) in [5.41, 5.74) is 7.71. The van der Waals surface area contributed by atoms with E-state index in [1.807, 2.05) is 12.1 Å². The first-order valence-corrected chi connectivity index (χ1v) is 5.41. The third kappa shape index (κ3) is 3.03. The number of hydrogen-bond acceptors (Lipinski definition) is 3. The van der Waals surface area contributed by atoms with Crippen molar-refractivity contribution in [3.63, 3.8) is 0 Å². The summed E-state index contributed by atoms with van der Waals surface area (Å²) in [4.78, 5) is 2.35. The van der Waals surface area contributed by atoms with Crippen LogP contribution in [0.25, 0.3) is 0 Å². The zero-order valence-corrected chi connectivity index (χ0v) is 10.5. The van der Waals surface area contributed by atoms with Gasteiger partial charge in [0.05, 0.1) is 12.2 Å². The Balaban J connectivity index is 0.00000128. The molecule has 0 bridgehead atoms. The Labute approximate surface area is 103 Å². The van der Waals surface area contributed by atoms with Gasteiger partial charge in [0.25, 0.3) is 0 Å². The molecule has 1 aromatic carbocycles. The van der Waals surface area contributed by atoms with Crippen LogP contribution in [0.15, 0.2) is 24.3 Å². The minimum atomic E-state index is 0. The van der Waals surface area contributed by atoms with Gasteiger partial charge in [-0.15, -0.1) is 12.4 Å². The lowest BCUT2D eigenvalue weighted by molar-refractivity contribution is -0.00521. The van der Waals surface area contributed by atoms with Crippen LogP contribution in [0.4, 0.5) is 11.4 Å². The van der Waals surface area contributed by atoms with Crippen molar-refractivity contribution in [1.29, 1.82) is 0 Å². The summed E-state index contributed by atoms with van der Waals surface area (Å²) in [6.07, 6.45) is 0.595. The molecule has 1 aliphatic rings. The van der Waals surface area contributed by atoms with E-state index in [0.717, 1.165) is 18.8 Å². The van der Waals surface area contributed by atoms with Gasteiger partial charge in [0.15, 0.2) is 0 Å². The van der Waals surface area contributed by atoms with E-state index in [2.05, 4.69) is 30.9 Å². The zero-order valence-electron chi connectivity index (χ0n) is 9.72. The Kier molecular flexibility index (Phi) is 4.44. The van der Waals surface area contributed by atoms with Crippen molar-refractivity contribution >= 4 is 23.8 Å². The number of ether oxygens (including phenoxy) is 1. The van der Waals surface area contributed by atoms with Crippen LogP contribution in [0.2, 0.25) is 0 Å². The standard InChI is InChI=1S/C12H18N2O.ClH/c1-9-7-14(8-10(2)15-9)12-5-3-11(13)4-6-12;/h3-6,9-10H,7-8,13H2,1-2H3;1H. The second-order valence-corrected chi connectivity index (χ2v) is 4.25. The monoisotopic (exact) mass is 242 g/mol. The van der Waals surface area contributed by atoms with Crippen molar-refractivity contribution < 1.29 is 4.74 Å². The number of nitrogen functional groups attached to an aromatic ring is 1. The number of nitrogens with zero attached hydrogens (tertiary/aromatic N) is 1. The maximum atomic E-state index is 5.70. The average molecular weight is 243 g/mol. The largest absolute Gasteiger partial charge is 0.399 e. The van der Waals surface area contributed by atoms with Gasteiger partial charge in [-0.3, -0.25) is 0 Å². The molecule has 1 saturated heterocycles. The van der Waals surface area contributed by atoms with E-state index in [-0.39, 0.29) is 12.4 Å². The Morgan fingerprint density at radius 3 is 2.12 bits per heavy atom. The summed E-state index contributed by atoms with van der Waals surface area (Å²) >= 11 is 0.